The highest BCUT2D eigenvalue weighted by atomic mass is 35.5. The van der Waals surface area contributed by atoms with Gasteiger partial charge in [-0.25, -0.2) is 0 Å². The smallest absolute Gasteiger partial charge is 0.0223 e. The van der Waals surface area contributed by atoms with E-state index in [4.69, 9.17) is 11.6 Å². The third-order valence-corrected chi connectivity index (χ3v) is 5.78. The fourth-order valence-corrected chi connectivity index (χ4v) is 4.07. The molecule has 1 rings (SSSR count). The molecule has 0 nitrogen and oxygen atoms in total. The molecule has 0 saturated carbocycles. The number of alkyl halides is 1. The maximum atomic E-state index is 5.70. The van der Waals surface area contributed by atoms with E-state index in [1.165, 1.54) is 102 Å². The Hall–Kier alpha value is -0.490. The van der Waals surface area contributed by atoms with E-state index in [1.807, 2.05) is 0 Å². The summed E-state index contributed by atoms with van der Waals surface area (Å²) in [6.45, 7) is 4.85. The van der Waals surface area contributed by atoms with Crippen LogP contribution in [0.5, 0.6) is 0 Å². The van der Waals surface area contributed by atoms with E-state index in [1.54, 1.807) is 0 Å². The zero-order chi connectivity index (χ0) is 18.9. The highest BCUT2D eigenvalue weighted by Gasteiger charge is 2.17. The van der Waals surface area contributed by atoms with Gasteiger partial charge < -0.3 is 0 Å². The minimum Gasteiger partial charge on any atom is -0.127 e. The van der Waals surface area contributed by atoms with Crippen LogP contribution >= 0.6 is 11.6 Å². The number of benzene rings is 1. The Morgan fingerprint density at radius 1 is 0.615 bits per heavy atom. The van der Waals surface area contributed by atoms with Crippen molar-refractivity contribution in [1.29, 1.82) is 0 Å². The van der Waals surface area contributed by atoms with Gasteiger partial charge in [-0.1, -0.05) is 121 Å². The molecule has 0 atom stereocenters. The normalized spacial score (nSPS) is 11.8. The van der Waals surface area contributed by atoms with Crippen LogP contribution in [-0.4, -0.2) is 5.88 Å². The second-order valence-electron chi connectivity index (χ2n) is 8.86. The number of hydrogen-bond donors (Lipinski definition) is 0. The predicted octanol–water partition coefficient (Wildman–Crippen LogP) is 8.96. The van der Waals surface area contributed by atoms with Crippen molar-refractivity contribution in [2.24, 2.45) is 5.41 Å². The van der Waals surface area contributed by atoms with Crippen molar-refractivity contribution in [3.8, 4) is 0 Å². The second kappa shape index (κ2) is 15.6. The Bertz CT molecular complexity index is 409. The first-order valence-corrected chi connectivity index (χ1v) is 11.8. The maximum absolute atomic E-state index is 5.70. The van der Waals surface area contributed by atoms with Gasteiger partial charge in [0.15, 0.2) is 0 Å². The van der Waals surface area contributed by atoms with E-state index in [-0.39, 0.29) is 0 Å². The van der Waals surface area contributed by atoms with Crippen LogP contribution in [0.25, 0.3) is 0 Å². The molecule has 0 aliphatic heterocycles. The second-order valence-corrected chi connectivity index (χ2v) is 9.24. The number of halogens is 1. The van der Waals surface area contributed by atoms with Gasteiger partial charge >= 0.3 is 0 Å². The highest BCUT2D eigenvalue weighted by molar-refractivity contribution is 6.17. The minimum absolute atomic E-state index is 0.436. The van der Waals surface area contributed by atoms with Crippen molar-refractivity contribution >= 4 is 11.6 Å². The van der Waals surface area contributed by atoms with Gasteiger partial charge in [0.05, 0.1) is 0 Å². The van der Waals surface area contributed by atoms with Crippen LogP contribution in [0, 0.1) is 5.41 Å². The molecule has 0 aromatic heterocycles. The van der Waals surface area contributed by atoms with Crippen LogP contribution in [0.4, 0.5) is 0 Å². The first-order chi connectivity index (χ1) is 12.6. The molecule has 0 fully saturated rings. The predicted molar refractivity (Wildman–Crippen MR) is 119 cm³/mol. The van der Waals surface area contributed by atoms with Crippen LogP contribution in [-0.2, 0) is 6.42 Å². The third-order valence-electron chi connectivity index (χ3n) is 5.51. The topological polar surface area (TPSA) is 0 Å². The molecule has 0 heterocycles. The summed E-state index contributed by atoms with van der Waals surface area (Å²) in [5.74, 6) is 0.838. The third kappa shape index (κ3) is 13.7. The molecular weight excluding hydrogens is 336 g/mol. The summed E-state index contributed by atoms with van der Waals surface area (Å²) < 4.78 is 0. The molecular formula is C25H43Cl. The minimum atomic E-state index is 0.436. The average Bonchev–Trinajstić information content (AvgIpc) is 2.62. The van der Waals surface area contributed by atoms with Crippen LogP contribution < -0.4 is 0 Å². The molecule has 0 bridgehead atoms. The van der Waals surface area contributed by atoms with Crippen molar-refractivity contribution in [2.45, 2.75) is 110 Å². The summed E-state index contributed by atoms with van der Waals surface area (Å²) in [5, 5.41) is 0. The van der Waals surface area contributed by atoms with Crippen molar-refractivity contribution in [1.82, 2.24) is 0 Å². The molecule has 0 unspecified atom stereocenters. The summed E-state index contributed by atoms with van der Waals surface area (Å²) in [5.41, 5.74) is 1.92. The summed E-state index contributed by atoms with van der Waals surface area (Å²) in [7, 11) is 0. The lowest BCUT2D eigenvalue weighted by Gasteiger charge is -2.24. The van der Waals surface area contributed by atoms with E-state index < -0.39 is 0 Å². The number of rotatable bonds is 17. The lowest BCUT2D eigenvalue weighted by atomic mass is 9.81. The fraction of sp³-hybridized carbons (Fsp3) is 0.760. The van der Waals surface area contributed by atoms with Gasteiger partial charge in [-0.3, -0.25) is 0 Å². The standard InChI is InChI=1S/C25H43Cl/c1-25(2,23-24-19-15-14-16-20-24)21-17-12-10-8-6-4-3-5-7-9-11-13-18-22-26/h14-16,19-20H,3-13,17-18,21-23H2,1-2H3. The lowest BCUT2D eigenvalue weighted by molar-refractivity contribution is 0.316. The maximum Gasteiger partial charge on any atom is 0.0223 e. The molecule has 150 valence electrons. The van der Waals surface area contributed by atoms with Crippen molar-refractivity contribution < 1.29 is 0 Å². The van der Waals surface area contributed by atoms with Crippen molar-refractivity contribution in [2.75, 3.05) is 5.88 Å². The van der Waals surface area contributed by atoms with Crippen molar-refractivity contribution in [3.05, 3.63) is 35.9 Å². The quantitative estimate of drug-likeness (QED) is 0.187. The summed E-state index contributed by atoms with van der Waals surface area (Å²) in [4.78, 5) is 0. The van der Waals surface area contributed by atoms with Gasteiger partial charge in [0.2, 0.25) is 0 Å². The molecule has 0 spiro atoms. The Morgan fingerprint density at radius 3 is 1.50 bits per heavy atom. The molecule has 0 amide bonds. The van der Waals surface area contributed by atoms with Gasteiger partial charge in [-0.05, 0) is 30.2 Å². The Balaban J connectivity index is 1.87. The Labute approximate surface area is 169 Å². The molecule has 0 aliphatic rings. The molecule has 1 aromatic rings. The van der Waals surface area contributed by atoms with E-state index >= 15 is 0 Å². The van der Waals surface area contributed by atoms with E-state index in [0.29, 0.717) is 5.41 Å². The van der Waals surface area contributed by atoms with Crippen molar-refractivity contribution in [3.63, 3.8) is 0 Å². The fourth-order valence-electron chi connectivity index (χ4n) is 3.88. The van der Waals surface area contributed by atoms with Gasteiger partial charge in [-0.15, -0.1) is 11.6 Å². The average molecular weight is 379 g/mol. The van der Waals surface area contributed by atoms with Gasteiger partial charge in [0.1, 0.15) is 0 Å². The van der Waals surface area contributed by atoms with E-state index in [9.17, 15) is 0 Å². The van der Waals surface area contributed by atoms with E-state index in [2.05, 4.69) is 44.2 Å². The zero-order valence-corrected chi connectivity index (χ0v) is 18.3. The van der Waals surface area contributed by atoms with Gasteiger partial charge in [-0.2, -0.15) is 0 Å². The SMILES string of the molecule is CC(C)(CCCCCCCCCCCCCCCCl)Cc1ccccc1. The highest BCUT2D eigenvalue weighted by Crippen LogP contribution is 2.28. The van der Waals surface area contributed by atoms with E-state index in [0.717, 1.165) is 5.88 Å². The molecule has 0 radical (unpaired) electrons. The summed E-state index contributed by atoms with van der Waals surface area (Å²) in [6.07, 6.45) is 20.8. The lowest BCUT2D eigenvalue weighted by Crippen LogP contribution is -2.14. The van der Waals surface area contributed by atoms with Crippen LogP contribution in [0.15, 0.2) is 30.3 Å². The molecule has 0 aliphatic carbocycles. The van der Waals surface area contributed by atoms with Gasteiger partial charge in [0, 0.05) is 5.88 Å². The molecule has 0 saturated heterocycles. The molecule has 26 heavy (non-hydrogen) atoms. The molecule has 0 N–H and O–H groups in total. The van der Waals surface area contributed by atoms with Gasteiger partial charge in [0.25, 0.3) is 0 Å². The summed E-state index contributed by atoms with van der Waals surface area (Å²) in [6, 6.07) is 11.0. The number of hydrogen-bond acceptors (Lipinski definition) is 0. The summed E-state index contributed by atoms with van der Waals surface area (Å²) >= 11 is 5.70. The zero-order valence-electron chi connectivity index (χ0n) is 17.6. The Morgan fingerprint density at radius 2 is 1.04 bits per heavy atom. The molecule has 1 heteroatoms. The molecule has 1 aromatic carbocycles. The Kier molecular flexibility index (Phi) is 14.1. The first-order valence-electron chi connectivity index (χ1n) is 11.2. The first kappa shape index (κ1) is 23.5. The van der Waals surface area contributed by atoms with Crippen LogP contribution in [0.1, 0.15) is 109 Å². The monoisotopic (exact) mass is 378 g/mol. The van der Waals surface area contributed by atoms with Crippen LogP contribution in [0.3, 0.4) is 0 Å². The van der Waals surface area contributed by atoms with Crippen LogP contribution in [0.2, 0.25) is 0 Å². The largest absolute Gasteiger partial charge is 0.127 e. The number of unbranched alkanes of at least 4 members (excludes halogenated alkanes) is 12.